The highest BCUT2D eigenvalue weighted by atomic mass is 35.5. The molecule has 0 fully saturated rings. The Morgan fingerprint density at radius 3 is 2.69 bits per heavy atom. The summed E-state index contributed by atoms with van der Waals surface area (Å²) in [6.45, 7) is 2.14. The Morgan fingerprint density at radius 1 is 1.31 bits per heavy atom. The van der Waals surface area contributed by atoms with Gasteiger partial charge in [0, 0.05) is 18.3 Å². The molecule has 4 heteroatoms. The number of benzene rings is 1. The van der Waals surface area contributed by atoms with Crippen molar-refractivity contribution in [2.75, 3.05) is 0 Å². The molecule has 0 atom stereocenters. The topological polar surface area (TPSA) is 48.9 Å². The number of aromatic amines is 1. The van der Waals surface area contributed by atoms with E-state index in [0.717, 1.165) is 23.2 Å². The standard InChI is InChI=1S/C12H14N2O.ClH/c1-9-10(3-2-4-11(9)7-15)5-12-6-13-8-14-12;/h2-4,6,8,15H,5,7H2,1H3,(H,13,14);1H. The van der Waals surface area contributed by atoms with Crippen molar-refractivity contribution in [1.29, 1.82) is 0 Å². The molecule has 3 nitrogen and oxygen atoms in total. The van der Waals surface area contributed by atoms with E-state index in [4.69, 9.17) is 5.11 Å². The van der Waals surface area contributed by atoms with Crippen molar-refractivity contribution in [3.8, 4) is 0 Å². The molecule has 2 N–H and O–H groups in total. The molecular weight excluding hydrogens is 224 g/mol. The van der Waals surface area contributed by atoms with Crippen LogP contribution in [0.25, 0.3) is 0 Å². The normalized spacial score (nSPS) is 9.88. The number of aromatic nitrogens is 2. The SMILES string of the molecule is Cc1c(CO)cccc1Cc1cnc[nH]1.Cl. The van der Waals surface area contributed by atoms with Crippen LogP contribution in [-0.4, -0.2) is 15.1 Å². The van der Waals surface area contributed by atoms with Crippen molar-refractivity contribution in [3.63, 3.8) is 0 Å². The Morgan fingerprint density at radius 2 is 2.06 bits per heavy atom. The van der Waals surface area contributed by atoms with Crippen LogP contribution in [0.3, 0.4) is 0 Å². The van der Waals surface area contributed by atoms with Crippen LogP contribution in [0.15, 0.2) is 30.7 Å². The highest BCUT2D eigenvalue weighted by Gasteiger charge is 2.04. The van der Waals surface area contributed by atoms with Gasteiger partial charge in [0.15, 0.2) is 0 Å². The summed E-state index contributed by atoms with van der Waals surface area (Å²) in [6.07, 6.45) is 4.34. The van der Waals surface area contributed by atoms with Gasteiger partial charge in [0.05, 0.1) is 12.9 Å². The number of rotatable bonds is 3. The fraction of sp³-hybridized carbons (Fsp3) is 0.250. The number of halogens is 1. The monoisotopic (exact) mass is 238 g/mol. The number of imidazole rings is 1. The van der Waals surface area contributed by atoms with Crippen LogP contribution < -0.4 is 0 Å². The molecule has 0 aliphatic rings. The molecule has 0 spiro atoms. The molecule has 2 aromatic rings. The first-order valence-corrected chi connectivity index (χ1v) is 4.96. The first-order chi connectivity index (χ1) is 7.31. The minimum atomic E-state index is 0. The predicted molar refractivity (Wildman–Crippen MR) is 65.7 cm³/mol. The molecule has 0 aliphatic heterocycles. The Labute approximate surface area is 101 Å². The van der Waals surface area contributed by atoms with E-state index in [1.165, 1.54) is 5.56 Å². The van der Waals surface area contributed by atoms with Crippen LogP contribution in [-0.2, 0) is 13.0 Å². The van der Waals surface area contributed by atoms with E-state index < -0.39 is 0 Å². The number of aliphatic hydroxyl groups is 1. The van der Waals surface area contributed by atoms with Gasteiger partial charge in [0.2, 0.25) is 0 Å². The number of hydrogen-bond acceptors (Lipinski definition) is 2. The van der Waals surface area contributed by atoms with Crippen molar-refractivity contribution in [2.45, 2.75) is 20.0 Å². The molecule has 0 aliphatic carbocycles. The summed E-state index contributed by atoms with van der Waals surface area (Å²) in [7, 11) is 0. The first kappa shape index (κ1) is 12.7. The van der Waals surface area contributed by atoms with Crippen LogP contribution in [0.1, 0.15) is 22.4 Å². The van der Waals surface area contributed by atoms with Gasteiger partial charge in [0.1, 0.15) is 0 Å². The summed E-state index contributed by atoms with van der Waals surface area (Å²) in [5.41, 5.74) is 4.47. The van der Waals surface area contributed by atoms with Crippen LogP contribution >= 0.6 is 12.4 Å². The number of aliphatic hydroxyl groups excluding tert-OH is 1. The second-order valence-electron chi connectivity index (χ2n) is 3.61. The molecule has 0 unspecified atom stereocenters. The Kier molecular flexibility index (Phi) is 4.52. The number of nitrogens with one attached hydrogen (secondary N) is 1. The third-order valence-corrected chi connectivity index (χ3v) is 2.66. The average molecular weight is 239 g/mol. The average Bonchev–Trinajstić information content (AvgIpc) is 2.74. The van der Waals surface area contributed by atoms with Crippen molar-refractivity contribution in [1.82, 2.24) is 9.97 Å². The van der Waals surface area contributed by atoms with Crippen molar-refractivity contribution >= 4 is 12.4 Å². The number of nitrogens with zero attached hydrogens (tertiary/aromatic N) is 1. The van der Waals surface area contributed by atoms with Gasteiger partial charge in [-0.25, -0.2) is 4.98 Å². The summed E-state index contributed by atoms with van der Waals surface area (Å²) in [6, 6.07) is 6.01. The summed E-state index contributed by atoms with van der Waals surface area (Å²) in [5.74, 6) is 0. The maximum absolute atomic E-state index is 9.15. The lowest BCUT2D eigenvalue weighted by molar-refractivity contribution is 0.281. The molecule has 0 saturated carbocycles. The van der Waals surface area contributed by atoms with Gasteiger partial charge in [-0.2, -0.15) is 0 Å². The van der Waals surface area contributed by atoms with Gasteiger partial charge in [-0.05, 0) is 23.6 Å². The Balaban J connectivity index is 0.00000128. The summed E-state index contributed by atoms with van der Waals surface area (Å²) in [5, 5.41) is 9.15. The highest BCUT2D eigenvalue weighted by molar-refractivity contribution is 5.85. The molecule has 16 heavy (non-hydrogen) atoms. The van der Waals surface area contributed by atoms with E-state index in [1.54, 1.807) is 6.33 Å². The van der Waals surface area contributed by atoms with Crippen molar-refractivity contribution in [2.24, 2.45) is 0 Å². The van der Waals surface area contributed by atoms with Crippen LogP contribution in [0.5, 0.6) is 0 Å². The zero-order valence-electron chi connectivity index (χ0n) is 9.10. The molecule has 86 valence electrons. The maximum atomic E-state index is 9.15. The fourth-order valence-electron chi connectivity index (χ4n) is 1.69. The fourth-order valence-corrected chi connectivity index (χ4v) is 1.69. The quantitative estimate of drug-likeness (QED) is 0.862. The van der Waals surface area contributed by atoms with Gasteiger partial charge < -0.3 is 10.1 Å². The number of H-pyrrole nitrogens is 1. The zero-order valence-corrected chi connectivity index (χ0v) is 9.92. The van der Waals surface area contributed by atoms with E-state index in [0.29, 0.717) is 0 Å². The Hall–Kier alpha value is -1.32. The molecule has 0 saturated heterocycles. The molecular formula is C12H15ClN2O. The van der Waals surface area contributed by atoms with Crippen LogP contribution in [0, 0.1) is 6.92 Å². The molecule has 1 heterocycles. The molecule has 2 rings (SSSR count). The van der Waals surface area contributed by atoms with Gasteiger partial charge in [0.25, 0.3) is 0 Å². The molecule has 0 amide bonds. The van der Waals surface area contributed by atoms with Gasteiger partial charge in [-0.1, -0.05) is 18.2 Å². The van der Waals surface area contributed by atoms with Gasteiger partial charge >= 0.3 is 0 Å². The van der Waals surface area contributed by atoms with E-state index in [1.807, 2.05) is 25.3 Å². The Bertz CT molecular complexity index is 440. The maximum Gasteiger partial charge on any atom is 0.0921 e. The lowest BCUT2D eigenvalue weighted by Crippen LogP contribution is -1.96. The number of hydrogen-bond donors (Lipinski definition) is 2. The van der Waals surface area contributed by atoms with Crippen molar-refractivity contribution < 1.29 is 5.11 Å². The predicted octanol–water partition coefficient (Wildman–Crippen LogP) is 2.22. The molecule has 0 radical (unpaired) electrons. The molecule has 1 aromatic carbocycles. The molecule has 1 aromatic heterocycles. The van der Waals surface area contributed by atoms with Gasteiger partial charge in [-0.3, -0.25) is 0 Å². The first-order valence-electron chi connectivity index (χ1n) is 4.96. The largest absolute Gasteiger partial charge is 0.392 e. The highest BCUT2D eigenvalue weighted by Crippen LogP contribution is 2.16. The van der Waals surface area contributed by atoms with E-state index in [9.17, 15) is 0 Å². The summed E-state index contributed by atoms with van der Waals surface area (Å²) in [4.78, 5) is 7.06. The minimum Gasteiger partial charge on any atom is -0.392 e. The summed E-state index contributed by atoms with van der Waals surface area (Å²) >= 11 is 0. The van der Waals surface area contributed by atoms with Crippen LogP contribution in [0.2, 0.25) is 0 Å². The van der Waals surface area contributed by atoms with E-state index in [-0.39, 0.29) is 19.0 Å². The van der Waals surface area contributed by atoms with Gasteiger partial charge in [-0.15, -0.1) is 12.4 Å². The lowest BCUT2D eigenvalue weighted by atomic mass is 9.99. The zero-order chi connectivity index (χ0) is 10.7. The van der Waals surface area contributed by atoms with E-state index >= 15 is 0 Å². The molecule has 0 bridgehead atoms. The van der Waals surface area contributed by atoms with E-state index in [2.05, 4.69) is 16.0 Å². The third-order valence-electron chi connectivity index (χ3n) is 2.66. The second kappa shape index (κ2) is 5.68. The lowest BCUT2D eigenvalue weighted by Gasteiger charge is -2.08. The third kappa shape index (κ3) is 2.62. The smallest absolute Gasteiger partial charge is 0.0921 e. The second-order valence-corrected chi connectivity index (χ2v) is 3.61. The minimum absolute atomic E-state index is 0. The van der Waals surface area contributed by atoms with Crippen LogP contribution in [0.4, 0.5) is 0 Å². The summed E-state index contributed by atoms with van der Waals surface area (Å²) < 4.78 is 0. The van der Waals surface area contributed by atoms with Crippen molar-refractivity contribution in [3.05, 3.63) is 53.1 Å².